The van der Waals surface area contributed by atoms with Crippen LogP contribution in [0, 0.1) is 12.3 Å². The van der Waals surface area contributed by atoms with Crippen LogP contribution >= 0.6 is 0 Å². The summed E-state index contributed by atoms with van der Waals surface area (Å²) in [7, 11) is -0.580. The van der Waals surface area contributed by atoms with Gasteiger partial charge in [0.2, 0.25) is 0 Å². The van der Waals surface area contributed by atoms with Crippen molar-refractivity contribution in [2.45, 2.75) is 38.9 Å². The van der Waals surface area contributed by atoms with Gasteiger partial charge in [-0.15, -0.1) is 6.42 Å². The Kier molecular flexibility index (Phi) is 2.88. The Labute approximate surface area is 108 Å². The van der Waals surface area contributed by atoms with E-state index in [4.69, 9.17) is 21.5 Å². The maximum atomic E-state index is 5.99. The van der Waals surface area contributed by atoms with Crippen molar-refractivity contribution in [1.82, 2.24) is 4.98 Å². The molecule has 1 aliphatic rings. The number of rotatable bonds is 1. The number of hydrogen-bond acceptors (Lipinski definition) is 4. The maximum absolute atomic E-state index is 5.99. The van der Waals surface area contributed by atoms with Crippen LogP contribution in [-0.2, 0) is 9.31 Å². The molecule has 1 aromatic rings. The fourth-order valence-corrected chi connectivity index (χ4v) is 1.76. The van der Waals surface area contributed by atoms with E-state index in [2.05, 4.69) is 10.9 Å². The van der Waals surface area contributed by atoms with Gasteiger partial charge in [0.1, 0.15) is 0 Å². The van der Waals surface area contributed by atoms with Gasteiger partial charge in [0.05, 0.1) is 22.5 Å². The van der Waals surface area contributed by atoms with E-state index in [0.29, 0.717) is 16.8 Å². The van der Waals surface area contributed by atoms with Crippen LogP contribution in [0.15, 0.2) is 12.3 Å². The second-order valence-corrected chi connectivity index (χ2v) is 5.39. The predicted octanol–water partition coefficient (Wildman–Crippen LogP) is 0.944. The summed E-state index contributed by atoms with van der Waals surface area (Å²) in [5.74, 6) is 2.52. The molecule has 0 spiro atoms. The zero-order chi connectivity index (χ0) is 13.6. The third kappa shape index (κ3) is 1.88. The first kappa shape index (κ1) is 12.9. The number of nitrogens with two attached hydrogens (primary N) is 1. The highest BCUT2D eigenvalue weighted by Gasteiger charge is 2.53. The van der Waals surface area contributed by atoms with Gasteiger partial charge in [0.25, 0.3) is 0 Å². The van der Waals surface area contributed by atoms with Crippen LogP contribution in [-0.4, -0.2) is 23.3 Å². The third-order valence-corrected chi connectivity index (χ3v) is 3.65. The van der Waals surface area contributed by atoms with Gasteiger partial charge < -0.3 is 15.0 Å². The van der Waals surface area contributed by atoms with Gasteiger partial charge in [0, 0.05) is 11.8 Å². The van der Waals surface area contributed by atoms with E-state index in [1.54, 1.807) is 12.3 Å². The molecule has 5 heteroatoms. The topological polar surface area (TPSA) is 57.4 Å². The lowest BCUT2D eigenvalue weighted by Gasteiger charge is -2.32. The molecule has 1 saturated heterocycles. The van der Waals surface area contributed by atoms with Crippen LogP contribution in [0.25, 0.3) is 0 Å². The summed E-state index contributed by atoms with van der Waals surface area (Å²) in [5, 5.41) is 0. The van der Waals surface area contributed by atoms with E-state index in [1.165, 1.54) is 0 Å². The van der Waals surface area contributed by atoms with Crippen molar-refractivity contribution in [3.05, 3.63) is 17.8 Å². The lowest BCUT2D eigenvalue weighted by Crippen LogP contribution is -2.41. The molecule has 4 nitrogen and oxygen atoms in total. The quantitative estimate of drug-likeness (QED) is 0.590. The fourth-order valence-electron chi connectivity index (χ4n) is 1.76. The predicted molar refractivity (Wildman–Crippen MR) is 72.3 cm³/mol. The highest BCUT2D eigenvalue weighted by atomic mass is 16.7. The molecule has 0 atom stereocenters. The molecule has 0 radical (unpaired) electrons. The molecule has 0 saturated carbocycles. The molecule has 94 valence electrons. The van der Waals surface area contributed by atoms with Crippen molar-refractivity contribution < 1.29 is 9.31 Å². The van der Waals surface area contributed by atoms with Gasteiger partial charge >= 0.3 is 7.12 Å². The smallest absolute Gasteiger partial charge is 0.398 e. The monoisotopic (exact) mass is 244 g/mol. The molecule has 1 fully saturated rings. The van der Waals surface area contributed by atoms with Crippen LogP contribution in [0.4, 0.5) is 5.69 Å². The lowest BCUT2D eigenvalue weighted by molar-refractivity contribution is 0.00578. The Morgan fingerprint density at radius 2 is 1.83 bits per heavy atom. The standard InChI is InChI=1S/C13H17BN2O2/c1-6-9-7-8-16-11(10(9)15)14-17-12(2,3)13(4,5)18-14/h1,7-8H,15H2,2-5H3. The number of hydrogen-bond donors (Lipinski definition) is 1. The minimum atomic E-state index is -0.580. The van der Waals surface area contributed by atoms with E-state index >= 15 is 0 Å². The van der Waals surface area contributed by atoms with Gasteiger partial charge in [-0.2, -0.15) is 0 Å². The molecule has 0 aromatic carbocycles. The summed E-state index contributed by atoms with van der Waals surface area (Å²) >= 11 is 0. The van der Waals surface area contributed by atoms with Crippen LogP contribution in [0.3, 0.4) is 0 Å². The molecule has 1 aliphatic heterocycles. The zero-order valence-corrected chi connectivity index (χ0v) is 11.2. The van der Waals surface area contributed by atoms with Gasteiger partial charge in [-0.1, -0.05) is 5.92 Å². The molecule has 2 rings (SSSR count). The Morgan fingerprint density at radius 3 is 2.33 bits per heavy atom. The van der Waals surface area contributed by atoms with Gasteiger partial charge in [-0.3, -0.25) is 4.98 Å². The summed E-state index contributed by atoms with van der Waals surface area (Å²) in [4.78, 5) is 4.23. The fraction of sp³-hybridized carbons (Fsp3) is 0.462. The molecule has 2 heterocycles. The summed E-state index contributed by atoms with van der Waals surface area (Å²) < 4.78 is 11.8. The summed E-state index contributed by atoms with van der Waals surface area (Å²) in [6, 6.07) is 1.70. The van der Waals surface area contributed by atoms with Crippen molar-refractivity contribution in [2.75, 3.05) is 5.73 Å². The number of anilines is 1. The molecule has 0 unspecified atom stereocenters. The van der Waals surface area contributed by atoms with Crippen LogP contribution in [0.5, 0.6) is 0 Å². The molecule has 0 bridgehead atoms. The minimum absolute atomic E-state index is 0.419. The van der Waals surface area contributed by atoms with Crippen molar-refractivity contribution in [3.8, 4) is 12.3 Å². The van der Waals surface area contributed by atoms with Crippen LogP contribution < -0.4 is 11.3 Å². The third-order valence-electron chi connectivity index (χ3n) is 3.65. The van der Waals surface area contributed by atoms with Crippen molar-refractivity contribution in [1.29, 1.82) is 0 Å². The summed E-state index contributed by atoms with van der Waals surface area (Å²) in [6.07, 6.45) is 7.00. The molecule has 18 heavy (non-hydrogen) atoms. The molecular formula is C13H17BN2O2. The van der Waals surface area contributed by atoms with Crippen molar-refractivity contribution in [2.24, 2.45) is 0 Å². The Hall–Kier alpha value is -1.51. The van der Waals surface area contributed by atoms with Gasteiger partial charge in [0.15, 0.2) is 0 Å². The number of nitrogen functional groups attached to an aromatic ring is 1. The highest BCUT2D eigenvalue weighted by molar-refractivity contribution is 6.62. The lowest BCUT2D eigenvalue weighted by atomic mass is 9.82. The first-order chi connectivity index (χ1) is 8.28. The van der Waals surface area contributed by atoms with Gasteiger partial charge in [-0.25, -0.2) is 0 Å². The molecule has 0 aliphatic carbocycles. The zero-order valence-electron chi connectivity index (χ0n) is 11.2. The molecule has 0 amide bonds. The average molecular weight is 244 g/mol. The first-order valence-electron chi connectivity index (χ1n) is 5.85. The van der Waals surface area contributed by atoms with E-state index in [1.807, 2.05) is 27.7 Å². The molecule has 1 aromatic heterocycles. The minimum Gasteiger partial charge on any atom is -0.398 e. The van der Waals surface area contributed by atoms with E-state index in [0.717, 1.165) is 0 Å². The largest absolute Gasteiger partial charge is 0.516 e. The van der Waals surface area contributed by atoms with Crippen molar-refractivity contribution in [3.63, 3.8) is 0 Å². The SMILES string of the molecule is C#Cc1ccnc(B2OC(C)(C)C(C)(C)O2)c1N. The number of nitrogens with zero attached hydrogens (tertiary/aromatic N) is 1. The Morgan fingerprint density at radius 1 is 1.28 bits per heavy atom. The highest BCUT2D eigenvalue weighted by Crippen LogP contribution is 2.36. The van der Waals surface area contributed by atoms with Crippen LogP contribution in [0.2, 0.25) is 0 Å². The van der Waals surface area contributed by atoms with Gasteiger partial charge in [-0.05, 0) is 33.8 Å². The normalized spacial score (nSPS) is 20.7. The second kappa shape index (κ2) is 4.01. The molecular weight excluding hydrogens is 227 g/mol. The maximum Gasteiger partial charge on any atom is 0.516 e. The molecule has 2 N–H and O–H groups in total. The summed E-state index contributed by atoms with van der Waals surface area (Å²) in [5.41, 5.74) is 6.74. The van der Waals surface area contributed by atoms with Crippen molar-refractivity contribution >= 4 is 18.4 Å². The number of terminal acetylenes is 1. The Balaban J connectivity index is 2.39. The van der Waals surface area contributed by atoms with E-state index in [9.17, 15) is 0 Å². The number of pyridine rings is 1. The Bertz CT molecular complexity index is 504. The summed E-state index contributed by atoms with van der Waals surface area (Å²) in [6.45, 7) is 7.92. The first-order valence-corrected chi connectivity index (χ1v) is 5.85. The van der Waals surface area contributed by atoms with E-state index in [-0.39, 0.29) is 0 Å². The van der Waals surface area contributed by atoms with Crippen LogP contribution in [0.1, 0.15) is 33.3 Å². The number of aromatic nitrogens is 1. The van der Waals surface area contributed by atoms with E-state index < -0.39 is 18.3 Å². The second-order valence-electron chi connectivity index (χ2n) is 5.39. The average Bonchev–Trinajstić information content (AvgIpc) is 2.48.